The first-order valence-electron chi connectivity index (χ1n) is 11.1. The number of hydrogen-bond donors (Lipinski definition) is 1. The van der Waals surface area contributed by atoms with Gasteiger partial charge in [0.1, 0.15) is 0 Å². The van der Waals surface area contributed by atoms with Crippen LogP contribution in [-0.4, -0.2) is 76.2 Å². The highest BCUT2D eigenvalue weighted by atomic mass is 32.2. The van der Waals surface area contributed by atoms with Gasteiger partial charge in [0.25, 0.3) is 6.43 Å². The second-order valence-electron chi connectivity index (χ2n) is 8.58. The molecule has 0 unspecified atom stereocenters. The topological polar surface area (TPSA) is 88.4 Å². The van der Waals surface area contributed by atoms with Crippen LogP contribution in [0.4, 0.5) is 14.5 Å². The average Bonchev–Trinajstić information content (AvgIpc) is 3.44. The van der Waals surface area contributed by atoms with Crippen LogP contribution < -0.4 is 9.62 Å². The number of nitrogens with zero attached hydrogens (tertiary/aromatic N) is 6. The van der Waals surface area contributed by atoms with Gasteiger partial charge in [0.15, 0.2) is 5.01 Å². The van der Waals surface area contributed by atoms with Gasteiger partial charge in [0, 0.05) is 48.1 Å². The number of fused-ring (bicyclic) bond motifs is 1. The van der Waals surface area contributed by atoms with Gasteiger partial charge >= 0.3 is 0 Å². The molecule has 1 aromatic carbocycles. The molecule has 1 amide bonds. The van der Waals surface area contributed by atoms with E-state index in [-0.39, 0.29) is 22.9 Å². The van der Waals surface area contributed by atoms with Crippen molar-refractivity contribution in [3.8, 4) is 5.13 Å². The number of ether oxygens (including phenoxy) is 1. The monoisotopic (exact) mass is 509 g/mol. The molecule has 2 saturated heterocycles. The Morgan fingerprint density at radius 3 is 2.59 bits per heavy atom. The summed E-state index contributed by atoms with van der Waals surface area (Å²) in [5.41, 5.74) is 1.76. The molecule has 2 fully saturated rings. The van der Waals surface area contributed by atoms with Crippen molar-refractivity contribution in [2.45, 2.75) is 31.2 Å². The summed E-state index contributed by atoms with van der Waals surface area (Å²) in [4.78, 5) is 17.5. The third-order valence-corrected chi connectivity index (χ3v) is 7.67. The number of hydrogen-bond acceptors (Lipinski definition) is 9. The maximum absolute atomic E-state index is 13.1. The molecule has 2 aliphatic rings. The van der Waals surface area contributed by atoms with Crippen LogP contribution >= 0.6 is 23.3 Å². The molecule has 0 saturated carbocycles. The lowest BCUT2D eigenvalue weighted by atomic mass is 10.1. The van der Waals surface area contributed by atoms with Gasteiger partial charge in [-0.15, -0.1) is 10.2 Å². The Labute approximate surface area is 203 Å². The van der Waals surface area contributed by atoms with Gasteiger partial charge in [-0.25, -0.2) is 13.5 Å². The first-order valence-corrected chi connectivity index (χ1v) is 12.7. The zero-order valence-electron chi connectivity index (χ0n) is 18.8. The molecule has 3 aromatic rings. The van der Waals surface area contributed by atoms with Crippen LogP contribution in [0.5, 0.6) is 0 Å². The van der Waals surface area contributed by atoms with Crippen molar-refractivity contribution in [3.63, 3.8) is 0 Å². The Kier molecular flexibility index (Phi) is 6.69. The summed E-state index contributed by atoms with van der Waals surface area (Å²) >= 11 is 2.34. The molecule has 182 valence electrons. The number of amides is 1. The number of nitrogens with one attached hydrogen (secondary N) is 1. The molecule has 9 nitrogen and oxygen atoms in total. The Bertz CT molecular complexity index is 1170. The van der Waals surface area contributed by atoms with E-state index in [9.17, 15) is 13.6 Å². The Morgan fingerprint density at radius 2 is 1.97 bits per heavy atom. The molecular weight excluding hydrogens is 484 g/mol. The van der Waals surface area contributed by atoms with Gasteiger partial charge in [-0.05, 0) is 24.1 Å². The predicted molar refractivity (Wildman–Crippen MR) is 127 cm³/mol. The molecule has 0 radical (unpaired) electrons. The van der Waals surface area contributed by atoms with Gasteiger partial charge in [-0.1, -0.05) is 25.2 Å². The lowest BCUT2D eigenvalue weighted by Gasteiger charge is -2.37. The highest BCUT2D eigenvalue weighted by Crippen LogP contribution is 2.35. The zero-order chi connectivity index (χ0) is 23.8. The maximum Gasteiger partial charge on any atom is 0.291 e. The van der Waals surface area contributed by atoms with Crippen molar-refractivity contribution in [1.29, 1.82) is 0 Å². The number of anilines is 1. The van der Waals surface area contributed by atoms with Crippen LogP contribution in [0, 0.1) is 5.92 Å². The summed E-state index contributed by atoms with van der Waals surface area (Å²) in [6, 6.07) is 4.37. The summed E-state index contributed by atoms with van der Waals surface area (Å²) in [7, 11) is 0. The second-order valence-corrected chi connectivity index (χ2v) is 10.5. The largest absolute Gasteiger partial charge is 0.378 e. The average molecular weight is 510 g/mol. The molecule has 34 heavy (non-hydrogen) atoms. The van der Waals surface area contributed by atoms with Crippen LogP contribution in [-0.2, 0) is 9.53 Å². The van der Waals surface area contributed by atoms with Crippen molar-refractivity contribution in [2.24, 2.45) is 5.92 Å². The molecule has 2 aliphatic heterocycles. The number of alkyl halides is 2. The van der Waals surface area contributed by atoms with Crippen LogP contribution in [0.1, 0.15) is 25.3 Å². The standard InChI is InChI=1S/C21H25F2N7O2S2/c1-12(2)20(31)29-5-3-28(4-6-29)16-7-14(34-27-13-10-32-11-13)8-17-15(16)9-24-30(17)21-26-25-19(33-21)18(22)23/h7-9,12-13,18,27H,3-6,10-11H2,1-2H3. The molecule has 0 spiro atoms. The first-order chi connectivity index (χ1) is 16.4. The highest BCUT2D eigenvalue weighted by Gasteiger charge is 2.26. The second kappa shape index (κ2) is 9.72. The van der Waals surface area contributed by atoms with Gasteiger partial charge in [-0.2, -0.15) is 5.10 Å². The number of carbonyl (C=O) groups is 1. The van der Waals surface area contributed by atoms with Crippen LogP contribution in [0.15, 0.2) is 23.2 Å². The SMILES string of the molecule is CC(C)C(=O)N1CCN(c2cc(SNC3COC3)cc3c2cnn3-c2nnc(C(F)F)s2)CC1. The minimum absolute atomic E-state index is 0.0252. The van der Waals surface area contributed by atoms with E-state index in [1.54, 1.807) is 10.9 Å². The number of rotatable bonds is 7. The predicted octanol–water partition coefficient (Wildman–Crippen LogP) is 3.11. The molecule has 2 aromatic heterocycles. The molecule has 4 heterocycles. The Morgan fingerprint density at radius 1 is 1.21 bits per heavy atom. The molecule has 1 N–H and O–H groups in total. The highest BCUT2D eigenvalue weighted by molar-refractivity contribution is 7.97. The number of benzene rings is 1. The first kappa shape index (κ1) is 23.4. The smallest absolute Gasteiger partial charge is 0.291 e. The lowest BCUT2D eigenvalue weighted by molar-refractivity contribution is -0.134. The van der Waals surface area contributed by atoms with E-state index >= 15 is 0 Å². The fourth-order valence-electron chi connectivity index (χ4n) is 3.94. The Balaban J connectivity index is 1.47. The minimum atomic E-state index is -2.67. The summed E-state index contributed by atoms with van der Waals surface area (Å²) in [6.45, 7) is 7.88. The fraction of sp³-hybridized carbons (Fsp3) is 0.524. The van der Waals surface area contributed by atoms with E-state index in [1.165, 1.54) is 11.9 Å². The van der Waals surface area contributed by atoms with E-state index in [2.05, 4.69) is 31.0 Å². The lowest BCUT2D eigenvalue weighted by Crippen LogP contribution is -2.50. The van der Waals surface area contributed by atoms with E-state index in [0.717, 1.165) is 32.8 Å². The minimum Gasteiger partial charge on any atom is -0.378 e. The number of carbonyl (C=O) groups excluding carboxylic acids is 1. The molecule has 0 atom stereocenters. The van der Waals surface area contributed by atoms with Crippen molar-refractivity contribution >= 4 is 45.8 Å². The molecular formula is C21H25F2N7O2S2. The molecule has 5 rings (SSSR count). The zero-order valence-corrected chi connectivity index (χ0v) is 20.4. The summed E-state index contributed by atoms with van der Waals surface area (Å²) in [5, 5.41) is 12.9. The number of aromatic nitrogens is 4. The number of piperazine rings is 1. The van der Waals surface area contributed by atoms with Crippen LogP contribution in [0.3, 0.4) is 0 Å². The van der Waals surface area contributed by atoms with Crippen molar-refractivity contribution in [2.75, 3.05) is 44.3 Å². The molecule has 0 bridgehead atoms. The van der Waals surface area contributed by atoms with E-state index in [1.807, 2.05) is 24.8 Å². The van der Waals surface area contributed by atoms with Crippen molar-refractivity contribution in [3.05, 3.63) is 23.3 Å². The van der Waals surface area contributed by atoms with Crippen LogP contribution in [0.25, 0.3) is 16.0 Å². The van der Waals surface area contributed by atoms with Gasteiger partial charge in [-0.3, -0.25) is 9.52 Å². The summed E-state index contributed by atoms with van der Waals surface area (Å²) in [5.74, 6) is 0.141. The number of halogens is 2. The summed E-state index contributed by atoms with van der Waals surface area (Å²) in [6.07, 6.45) is -0.935. The third-order valence-electron chi connectivity index (χ3n) is 5.85. The fourth-order valence-corrected chi connectivity index (χ4v) is 5.40. The third kappa shape index (κ3) is 4.61. The van der Waals surface area contributed by atoms with Crippen molar-refractivity contribution in [1.82, 2.24) is 29.6 Å². The van der Waals surface area contributed by atoms with Gasteiger partial charge < -0.3 is 14.5 Å². The van der Waals surface area contributed by atoms with Crippen LogP contribution in [0.2, 0.25) is 0 Å². The Hall–Kier alpha value is -2.35. The molecule has 13 heteroatoms. The van der Waals surface area contributed by atoms with Gasteiger partial charge in [0.05, 0.1) is 31.0 Å². The molecule has 0 aliphatic carbocycles. The maximum atomic E-state index is 13.1. The van der Waals surface area contributed by atoms with Crippen molar-refractivity contribution < 1.29 is 18.3 Å². The normalized spacial score (nSPS) is 17.2. The van der Waals surface area contributed by atoms with E-state index in [4.69, 9.17) is 4.74 Å². The van der Waals surface area contributed by atoms with Gasteiger partial charge in [0.2, 0.25) is 11.0 Å². The van der Waals surface area contributed by atoms with E-state index < -0.39 is 6.43 Å². The summed E-state index contributed by atoms with van der Waals surface area (Å²) < 4.78 is 36.4. The van der Waals surface area contributed by atoms with E-state index in [0.29, 0.717) is 44.5 Å². The quantitative estimate of drug-likeness (QED) is 0.486.